The molecule has 5 nitrogen and oxygen atoms in total. The van der Waals surface area contributed by atoms with Crippen molar-refractivity contribution in [1.82, 2.24) is 4.90 Å². The number of β-lactam (4-membered cyclic amide) rings is 1. The van der Waals surface area contributed by atoms with Gasteiger partial charge in [-0.05, 0) is 17.2 Å². The quantitative estimate of drug-likeness (QED) is 0.637. The molecular weight excluding hydrogens is 318 g/mol. The third-order valence-electron chi connectivity index (χ3n) is 4.32. The number of fused-ring (bicyclic) bond motifs is 1. The number of carbonyl (C=O) groups is 2. The Balaban J connectivity index is 1.54. The Morgan fingerprint density at radius 1 is 1.12 bits per heavy atom. The van der Waals surface area contributed by atoms with E-state index in [2.05, 4.69) is 0 Å². The summed E-state index contributed by atoms with van der Waals surface area (Å²) in [7, 11) is 0. The Morgan fingerprint density at radius 3 is 2.48 bits per heavy atom. The average molecular weight is 335 g/mol. The van der Waals surface area contributed by atoms with E-state index in [0.717, 1.165) is 11.1 Å². The Morgan fingerprint density at radius 2 is 1.80 bits per heavy atom. The van der Waals surface area contributed by atoms with Crippen LogP contribution in [0.3, 0.4) is 0 Å². The van der Waals surface area contributed by atoms with E-state index in [0.29, 0.717) is 12.2 Å². The maximum Gasteiger partial charge on any atom is 0.337 e. The van der Waals surface area contributed by atoms with Crippen molar-refractivity contribution >= 4 is 18.0 Å². The van der Waals surface area contributed by atoms with Crippen molar-refractivity contribution < 1.29 is 19.1 Å². The summed E-state index contributed by atoms with van der Waals surface area (Å²) in [6, 6.07) is 18.2. The predicted octanol–water partition coefficient (Wildman–Crippen LogP) is 2.73. The third kappa shape index (κ3) is 3.01. The molecule has 126 valence electrons. The average Bonchev–Trinajstić information content (AvgIpc) is 2.93. The molecule has 0 saturated carbocycles. The molecule has 2 aliphatic heterocycles. The second-order valence-corrected chi connectivity index (χ2v) is 6.03. The number of ether oxygens (including phenoxy) is 2. The van der Waals surface area contributed by atoms with Gasteiger partial charge in [0.15, 0.2) is 12.3 Å². The highest BCUT2D eigenvalue weighted by atomic mass is 16.6. The Kier molecular flexibility index (Phi) is 3.98. The van der Waals surface area contributed by atoms with Crippen LogP contribution in [0.5, 0.6) is 0 Å². The van der Waals surface area contributed by atoms with Gasteiger partial charge in [-0.2, -0.15) is 0 Å². The molecule has 2 atom stereocenters. The van der Waals surface area contributed by atoms with Crippen molar-refractivity contribution in [3.63, 3.8) is 0 Å². The van der Waals surface area contributed by atoms with E-state index in [1.807, 2.05) is 60.7 Å². The molecule has 25 heavy (non-hydrogen) atoms. The fourth-order valence-electron chi connectivity index (χ4n) is 3.03. The number of benzene rings is 2. The van der Waals surface area contributed by atoms with Crippen molar-refractivity contribution in [3.8, 4) is 0 Å². The van der Waals surface area contributed by atoms with Gasteiger partial charge in [0.2, 0.25) is 5.91 Å². The van der Waals surface area contributed by atoms with E-state index < -0.39 is 12.0 Å². The van der Waals surface area contributed by atoms with E-state index in [4.69, 9.17) is 9.47 Å². The summed E-state index contributed by atoms with van der Waals surface area (Å²) in [5.41, 5.74) is 1.81. The van der Waals surface area contributed by atoms with Crippen LogP contribution in [0.4, 0.5) is 0 Å². The lowest BCUT2D eigenvalue weighted by Gasteiger charge is -2.33. The van der Waals surface area contributed by atoms with Crippen LogP contribution in [0.2, 0.25) is 0 Å². The molecule has 4 rings (SSSR count). The summed E-state index contributed by atoms with van der Waals surface area (Å²) < 4.78 is 11.2. The number of hydrogen-bond acceptors (Lipinski definition) is 4. The largest absolute Gasteiger partial charge is 0.471 e. The van der Waals surface area contributed by atoms with Crippen LogP contribution in [0.1, 0.15) is 17.5 Å². The fraction of sp³-hybridized carbons (Fsp3) is 0.200. The van der Waals surface area contributed by atoms with E-state index in [1.165, 1.54) is 4.90 Å². The summed E-state index contributed by atoms with van der Waals surface area (Å²) in [4.78, 5) is 26.0. The monoisotopic (exact) mass is 335 g/mol. The van der Waals surface area contributed by atoms with Crippen LogP contribution < -0.4 is 0 Å². The summed E-state index contributed by atoms with van der Waals surface area (Å²) in [5, 5.41) is 0. The van der Waals surface area contributed by atoms with E-state index in [-0.39, 0.29) is 18.7 Å². The molecule has 2 aromatic carbocycles. The Labute approximate surface area is 145 Å². The molecule has 1 amide bonds. The molecule has 0 spiro atoms. The first-order valence-corrected chi connectivity index (χ1v) is 8.17. The zero-order valence-corrected chi connectivity index (χ0v) is 13.5. The standard InChI is InChI=1S/C20H17NO4/c22-17-12-18-21(17)19(16(25-18)11-14-7-3-1-4-8-14)20(23)24-13-15-9-5-2-6-10-15/h1-11,18-19H,12-13H2/b16-11-. The van der Waals surface area contributed by atoms with Gasteiger partial charge in [-0.1, -0.05) is 60.7 Å². The van der Waals surface area contributed by atoms with Gasteiger partial charge in [0.05, 0.1) is 6.42 Å². The van der Waals surface area contributed by atoms with Crippen LogP contribution >= 0.6 is 0 Å². The molecule has 2 heterocycles. The minimum Gasteiger partial charge on any atom is -0.471 e. The Hall–Kier alpha value is -3.08. The smallest absolute Gasteiger partial charge is 0.337 e. The number of hydrogen-bond donors (Lipinski definition) is 0. The minimum atomic E-state index is -0.810. The molecule has 0 N–H and O–H groups in total. The molecule has 0 bridgehead atoms. The predicted molar refractivity (Wildman–Crippen MR) is 90.8 cm³/mol. The zero-order chi connectivity index (χ0) is 17.2. The van der Waals surface area contributed by atoms with Crippen molar-refractivity contribution in [3.05, 3.63) is 77.5 Å². The number of rotatable bonds is 4. The fourth-order valence-corrected chi connectivity index (χ4v) is 3.03. The lowest BCUT2D eigenvalue weighted by atomic mass is 10.1. The van der Waals surface area contributed by atoms with Crippen LogP contribution in [-0.4, -0.2) is 29.0 Å². The van der Waals surface area contributed by atoms with Gasteiger partial charge in [-0.3, -0.25) is 9.69 Å². The van der Waals surface area contributed by atoms with Gasteiger partial charge in [0.25, 0.3) is 0 Å². The van der Waals surface area contributed by atoms with Crippen LogP contribution in [0.15, 0.2) is 66.4 Å². The van der Waals surface area contributed by atoms with E-state index in [9.17, 15) is 9.59 Å². The van der Waals surface area contributed by atoms with Crippen molar-refractivity contribution in [2.45, 2.75) is 25.3 Å². The van der Waals surface area contributed by atoms with Gasteiger partial charge in [-0.15, -0.1) is 0 Å². The molecule has 5 heteroatoms. The van der Waals surface area contributed by atoms with E-state index in [1.54, 1.807) is 6.08 Å². The summed E-state index contributed by atoms with van der Waals surface area (Å²) in [6.07, 6.45) is 1.73. The van der Waals surface area contributed by atoms with Crippen LogP contribution in [-0.2, 0) is 25.7 Å². The minimum absolute atomic E-state index is 0.0943. The normalized spacial score (nSPS) is 23.0. The summed E-state index contributed by atoms with van der Waals surface area (Å²) >= 11 is 0. The van der Waals surface area contributed by atoms with Gasteiger partial charge < -0.3 is 9.47 Å². The van der Waals surface area contributed by atoms with Gasteiger partial charge >= 0.3 is 5.97 Å². The van der Waals surface area contributed by atoms with Crippen LogP contribution in [0.25, 0.3) is 6.08 Å². The topological polar surface area (TPSA) is 55.8 Å². The second-order valence-electron chi connectivity index (χ2n) is 6.03. The first-order chi connectivity index (χ1) is 12.2. The molecular formula is C20H17NO4. The Bertz CT molecular complexity index is 816. The van der Waals surface area contributed by atoms with Crippen LogP contribution in [0, 0.1) is 0 Å². The number of esters is 1. The number of carbonyl (C=O) groups excluding carboxylic acids is 2. The highest BCUT2D eigenvalue weighted by Crippen LogP contribution is 2.37. The maximum atomic E-state index is 12.6. The van der Waals surface area contributed by atoms with Gasteiger partial charge in [0.1, 0.15) is 12.4 Å². The third-order valence-corrected chi connectivity index (χ3v) is 4.32. The zero-order valence-electron chi connectivity index (χ0n) is 13.5. The van der Waals surface area contributed by atoms with Gasteiger partial charge in [0, 0.05) is 0 Å². The summed E-state index contributed by atoms with van der Waals surface area (Å²) in [5.74, 6) is -0.107. The number of amides is 1. The molecule has 2 aromatic rings. The molecule has 0 aliphatic carbocycles. The van der Waals surface area contributed by atoms with E-state index >= 15 is 0 Å². The lowest BCUT2D eigenvalue weighted by molar-refractivity contribution is -0.166. The highest BCUT2D eigenvalue weighted by Gasteiger charge is 2.54. The van der Waals surface area contributed by atoms with Crippen molar-refractivity contribution in [1.29, 1.82) is 0 Å². The maximum absolute atomic E-state index is 12.6. The second kappa shape index (κ2) is 6.43. The lowest BCUT2D eigenvalue weighted by Crippen LogP contribution is -2.55. The first kappa shape index (κ1) is 15.4. The molecule has 0 aromatic heterocycles. The SMILES string of the molecule is O=C(OCc1ccccc1)C1/C(=C/c2ccccc2)OC2CC(=O)N21. The van der Waals surface area contributed by atoms with Crippen molar-refractivity contribution in [2.24, 2.45) is 0 Å². The molecule has 2 aliphatic rings. The summed E-state index contributed by atoms with van der Waals surface area (Å²) in [6.45, 7) is 0.168. The molecule has 2 unspecified atom stereocenters. The molecule has 2 fully saturated rings. The molecule has 2 saturated heterocycles. The number of nitrogens with zero attached hydrogens (tertiary/aromatic N) is 1. The highest BCUT2D eigenvalue weighted by molar-refractivity contribution is 5.92. The van der Waals surface area contributed by atoms with Crippen molar-refractivity contribution in [2.75, 3.05) is 0 Å². The van der Waals surface area contributed by atoms with Gasteiger partial charge in [-0.25, -0.2) is 4.79 Å². The molecule has 0 radical (unpaired) electrons. The first-order valence-electron chi connectivity index (χ1n) is 8.17.